The number of allylic oxidation sites excluding steroid dienone is 2. The van der Waals surface area contributed by atoms with Crippen LogP contribution in [0.15, 0.2) is 48.6 Å². The second kappa shape index (κ2) is 3.85. The monoisotopic (exact) mass is 274 g/mol. The number of rotatable bonds is 0. The summed E-state index contributed by atoms with van der Waals surface area (Å²) >= 11 is 0. The summed E-state index contributed by atoms with van der Waals surface area (Å²) in [6.07, 6.45) is 9.12. The minimum atomic E-state index is 0.243. The molecule has 2 aromatic carbocycles. The maximum absolute atomic E-state index is 12.5. The van der Waals surface area contributed by atoms with Crippen LogP contribution in [-0.4, -0.2) is 5.78 Å². The summed E-state index contributed by atoms with van der Waals surface area (Å²) in [5.74, 6) is 1.73. The van der Waals surface area contributed by atoms with E-state index < -0.39 is 0 Å². The number of hydrogen-bond donors (Lipinski definition) is 0. The molecule has 1 nitrogen and oxygen atoms in total. The van der Waals surface area contributed by atoms with Gasteiger partial charge in [-0.15, -0.1) is 0 Å². The number of benzene rings is 2. The lowest BCUT2D eigenvalue weighted by atomic mass is 9.62. The highest BCUT2D eigenvalue weighted by Crippen LogP contribution is 2.58. The van der Waals surface area contributed by atoms with Gasteiger partial charge in [0.05, 0.1) is 0 Å². The van der Waals surface area contributed by atoms with Crippen molar-refractivity contribution in [2.45, 2.75) is 31.1 Å². The van der Waals surface area contributed by atoms with E-state index in [1.54, 1.807) is 0 Å². The van der Waals surface area contributed by atoms with Crippen LogP contribution in [0.25, 0.3) is 10.8 Å². The highest BCUT2D eigenvalue weighted by atomic mass is 16.1. The Morgan fingerprint density at radius 1 is 1.05 bits per heavy atom. The molecule has 0 heterocycles. The molecule has 2 aromatic rings. The topological polar surface area (TPSA) is 17.1 Å². The Bertz CT molecular complexity index is 801. The van der Waals surface area contributed by atoms with Crippen LogP contribution < -0.4 is 0 Å². The van der Waals surface area contributed by atoms with Gasteiger partial charge in [0.25, 0.3) is 0 Å². The van der Waals surface area contributed by atoms with Crippen LogP contribution in [0.4, 0.5) is 0 Å². The summed E-state index contributed by atoms with van der Waals surface area (Å²) in [7, 11) is 0. The van der Waals surface area contributed by atoms with Crippen molar-refractivity contribution in [3.8, 4) is 0 Å². The van der Waals surface area contributed by atoms with E-state index >= 15 is 0 Å². The van der Waals surface area contributed by atoms with Gasteiger partial charge in [-0.1, -0.05) is 36.4 Å². The predicted molar refractivity (Wildman–Crippen MR) is 84.5 cm³/mol. The van der Waals surface area contributed by atoms with Crippen LogP contribution in [0.3, 0.4) is 0 Å². The van der Waals surface area contributed by atoms with E-state index in [0.717, 1.165) is 24.3 Å². The Hall–Kier alpha value is -1.89. The van der Waals surface area contributed by atoms with Gasteiger partial charge in [-0.3, -0.25) is 4.79 Å². The van der Waals surface area contributed by atoms with Crippen LogP contribution in [0.1, 0.15) is 41.6 Å². The first-order valence-corrected chi connectivity index (χ1v) is 8.01. The van der Waals surface area contributed by atoms with Crippen molar-refractivity contribution in [2.24, 2.45) is 11.8 Å². The number of fused-ring (bicyclic) bond motifs is 6. The second-order valence-electron chi connectivity index (χ2n) is 7.02. The molecule has 0 radical (unpaired) electrons. The molecule has 1 heteroatoms. The van der Waals surface area contributed by atoms with Crippen molar-refractivity contribution >= 4 is 16.6 Å². The first-order chi connectivity index (χ1) is 10.3. The quantitative estimate of drug-likeness (QED) is 0.639. The minimum absolute atomic E-state index is 0.243. The second-order valence-corrected chi connectivity index (χ2v) is 7.02. The van der Waals surface area contributed by atoms with Crippen LogP contribution in [0, 0.1) is 11.8 Å². The zero-order valence-corrected chi connectivity index (χ0v) is 12.0. The van der Waals surface area contributed by atoms with Crippen molar-refractivity contribution in [1.29, 1.82) is 0 Å². The van der Waals surface area contributed by atoms with Gasteiger partial charge in [0.1, 0.15) is 0 Å². The fourth-order valence-corrected chi connectivity index (χ4v) is 5.04. The van der Waals surface area contributed by atoms with Gasteiger partial charge in [-0.05, 0) is 59.6 Å². The summed E-state index contributed by atoms with van der Waals surface area (Å²) in [6, 6.07) is 12.9. The molecule has 2 bridgehead atoms. The average Bonchev–Trinajstić information content (AvgIpc) is 3.11. The largest absolute Gasteiger partial charge is 0.294 e. The molecule has 0 saturated heterocycles. The fraction of sp³-hybridized carbons (Fsp3) is 0.350. The van der Waals surface area contributed by atoms with E-state index in [0.29, 0.717) is 11.7 Å². The smallest absolute Gasteiger partial charge is 0.163 e. The molecule has 1 saturated carbocycles. The van der Waals surface area contributed by atoms with E-state index in [4.69, 9.17) is 0 Å². The van der Waals surface area contributed by atoms with Gasteiger partial charge in [0, 0.05) is 17.4 Å². The molecular weight excluding hydrogens is 256 g/mol. The van der Waals surface area contributed by atoms with E-state index in [-0.39, 0.29) is 5.41 Å². The third-order valence-corrected chi connectivity index (χ3v) is 6.03. The summed E-state index contributed by atoms with van der Waals surface area (Å²) < 4.78 is 0. The first kappa shape index (κ1) is 11.7. The van der Waals surface area contributed by atoms with Gasteiger partial charge < -0.3 is 0 Å². The predicted octanol–water partition coefficient (Wildman–Crippen LogP) is 4.65. The van der Waals surface area contributed by atoms with Crippen molar-refractivity contribution in [2.75, 3.05) is 0 Å². The molecular formula is C20H18O. The lowest BCUT2D eigenvalue weighted by molar-refractivity contribution is 0.0944. The zero-order valence-electron chi connectivity index (χ0n) is 12.0. The molecule has 0 N–H and O–H groups in total. The standard InChI is InChI=1S/C20H18O/c21-19-7-8-20(12-13-5-6-16(20)9-13)18-11-15-4-2-1-3-14(15)10-17(18)19/h1-6,10-11,13,16H,7-9,12H2. The maximum Gasteiger partial charge on any atom is 0.163 e. The van der Waals surface area contributed by atoms with Crippen molar-refractivity contribution in [3.63, 3.8) is 0 Å². The number of Topliss-reactive ketones (excluding diaryl/α,β-unsaturated/α-hetero) is 1. The number of carbonyl (C=O) groups excluding carboxylic acids is 1. The Morgan fingerprint density at radius 2 is 1.86 bits per heavy atom. The molecule has 3 unspecified atom stereocenters. The van der Waals surface area contributed by atoms with Crippen LogP contribution in [0.5, 0.6) is 0 Å². The highest BCUT2D eigenvalue weighted by Gasteiger charge is 2.52. The Morgan fingerprint density at radius 3 is 2.57 bits per heavy atom. The third-order valence-electron chi connectivity index (χ3n) is 6.03. The van der Waals surface area contributed by atoms with Crippen molar-refractivity contribution in [1.82, 2.24) is 0 Å². The average molecular weight is 274 g/mol. The molecule has 104 valence electrons. The molecule has 1 fully saturated rings. The number of carbonyl (C=O) groups is 1. The van der Waals surface area contributed by atoms with Gasteiger partial charge in [0.2, 0.25) is 0 Å². The lowest BCUT2D eigenvalue weighted by Gasteiger charge is -2.40. The maximum atomic E-state index is 12.5. The molecule has 1 spiro atoms. The van der Waals surface area contributed by atoms with Gasteiger partial charge in [0.15, 0.2) is 5.78 Å². The Kier molecular flexibility index (Phi) is 2.15. The van der Waals surface area contributed by atoms with Crippen LogP contribution in [-0.2, 0) is 5.41 Å². The van der Waals surface area contributed by atoms with E-state index in [1.165, 1.54) is 29.2 Å². The van der Waals surface area contributed by atoms with Crippen molar-refractivity contribution < 1.29 is 4.79 Å². The van der Waals surface area contributed by atoms with E-state index in [9.17, 15) is 4.79 Å². The normalized spacial score (nSPS) is 33.0. The van der Waals surface area contributed by atoms with Gasteiger partial charge >= 0.3 is 0 Å². The van der Waals surface area contributed by atoms with Crippen molar-refractivity contribution in [3.05, 3.63) is 59.7 Å². The summed E-state index contributed by atoms with van der Waals surface area (Å²) in [6.45, 7) is 0. The summed E-state index contributed by atoms with van der Waals surface area (Å²) in [5, 5.41) is 2.47. The van der Waals surface area contributed by atoms with Crippen LogP contribution in [0.2, 0.25) is 0 Å². The molecule has 3 aliphatic carbocycles. The number of ketones is 1. The lowest BCUT2D eigenvalue weighted by Crippen LogP contribution is -2.36. The molecule has 0 amide bonds. The molecule has 0 aromatic heterocycles. The minimum Gasteiger partial charge on any atom is -0.294 e. The Balaban J connectivity index is 1.81. The summed E-state index contributed by atoms with van der Waals surface area (Å²) in [5.41, 5.74) is 2.59. The highest BCUT2D eigenvalue weighted by molar-refractivity contribution is 6.03. The first-order valence-electron chi connectivity index (χ1n) is 8.01. The molecule has 3 aliphatic rings. The molecule has 0 aliphatic heterocycles. The molecule has 5 rings (SSSR count). The number of hydrogen-bond acceptors (Lipinski definition) is 1. The zero-order chi connectivity index (χ0) is 14.0. The summed E-state index contributed by atoms with van der Waals surface area (Å²) in [4.78, 5) is 12.5. The van der Waals surface area contributed by atoms with E-state index in [2.05, 4.69) is 48.6 Å². The molecule has 21 heavy (non-hydrogen) atoms. The van der Waals surface area contributed by atoms with Crippen LogP contribution >= 0.6 is 0 Å². The van der Waals surface area contributed by atoms with E-state index in [1.807, 2.05) is 0 Å². The molecule has 3 atom stereocenters. The Labute approximate surface area is 124 Å². The van der Waals surface area contributed by atoms with Gasteiger partial charge in [-0.25, -0.2) is 0 Å². The fourth-order valence-electron chi connectivity index (χ4n) is 5.04. The SMILES string of the molecule is O=C1CCC2(CC3C=CC2C3)c2cc3ccccc3cc21. The van der Waals surface area contributed by atoms with Gasteiger partial charge in [-0.2, -0.15) is 0 Å². The third kappa shape index (κ3) is 1.44.